The molecule has 2 N–H and O–H groups in total. The van der Waals surface area contributed by atoms with Gasteiger partial charge in [0.1, 0.15) is 5.82 Å². The zero-order valence-electron chi connectivity index (χ0n) is 15.6. The van der Waals surface area contributed by atoms with E-state index in [-0.39, 0.29) is 5.91 Å². The molecule has 0 saturated carbocycles. The molecule has 2 aliphatic rings. The van der Waals surface area contributed by atoms with Crippen molar-refractivity contribution in [2.75, 3.05) is 30.9 Å². The van der Waals surface area contributed by atoms with Crippen molar-refractivity contribution in [2.24, 2.45) is 0 Å². The van der Waals surface area contributed by atoms with E-state index in [0.717, 1.165) is 42.0 Å². The molecule has 0 radical (unpaired) electrons. The minimum absolute atomic E-state index is 0.0854. The Hall–Kier alpha value is -2.64. The molecule has 2 aromatic rings. The highest BCUT2D eigenvalue weighted by Crippen LogP contribution is 2.27. The van der Waals surface area contributed by atoms with E-state index in [1.54, 1.807) is 6.92 Å². The Morgan fingerprint density at radius 3 is 2.85 bits per heavy atom. The van der Waals surface area contributed by atoms with Gasteiger partial charge in [0.05, 0.1) is 24.5 Å². The highest BCUT2D eigenvalue weighted by atomic mass is 16.2. The van der Waals surface area contributed by atoms with E-state index < -0.39 is 0 Å². The quantitative estimate of drug-likeness (QED) is 0.858. The van der Waals surface area contributed by atoms with Crippen LogP contribution >= 0.6 is 0 Å². The predicted octanol–water partition coefficient (Wildman–Crippen LogP) is 1.27. The van der Waals surface area contributed by atoms with Crippen molar-refractivity contribution >= 4 is 17.7 Å². The van der Waals surface area contributed by atoms with E-state index in [2.05, 4.69) is 20.5 Å². The molecular formula is C18H25N7O. The molecule has 0 aromatic carbocycles. The summed E-state index contributed by atoms with van der Waals surface area (Å²) in [5, 5.41) is 11.1. The highest BCUT2D eigenvalue weighted by molar-refractivity contribution is 5.73. The number of carbonyl (C=O) groups excluding carboxylic acids is 1. The van der Waals surface area contributed by atoms with Crippen LogP contribution in [0.3, 0.4) is 0 Å². The Bertz CT molecular complexity index is 842. The second-order valence-corrected chi connectivity index (χ2v) is 7.22. The Labute approximate surface area is 153 Å². The van der Waals surface area contributed by atoms with Crippen LogP contribution in [0.5, 0.6) is 0 Å². The topological polar surface area (TPSA) is 90.0 Å². The molecule has 138 valence electrons. The first-order chi connectivity index (χ1) is 12.5. The van der Waals surface area contributed by atoms with Gasteiger partial charge in [0, 0.05) is 38.8 Å². The third kappa shape index (κ3) is 3.00. The lowest BCUT2D eigenvalue weighted by atomic mass is 10.1. The summed E-state index contributed by atoms with van der Waals surface area (Å²) < 4.78 is 0. The minimum atomic E-state index is 0.0854. The van der Waals surface area contributed by atoms with Gasteiger partial charge in [0.25, 0.3) is 0 Å². The van der Waals surface area contributed by atoms with Crippen molar-refractivity contribution in [1.29, 1.82) is 0 Å². The van der Waals surface area contributed by atoms with Crippen LogP contribution in [0.1, 0.15) is 41.6 Å². The number of nitrogens with one attached hydrogen (secondary N) is 2. The molecule has 0 atom stereocenters. The van der Waals surface area contributed by atoms with Crippen LogP contribution in [-0.2, 0) is 37.1 Å². The molecule has 1 amide bonds. The third-order valence-corrected chi connectivity index (χ3v) is 5.21. The van der Waals surface area contributed by atoms with Crippen molar-refractivity contribution in [1.82, 2.24) is 25.1 Å². The number of H-pyrrole nitrogens is 1. The zero-order chi connectivity index (χ0) is 18.3. The number of hydrogen-bond donors (Lipinski definition) is 2. The van der Waals surface area contributed by atoms with E-state index in [1.807, 2.05) is 23.9 Å². The SMILES string of the molecule is CC(=O)N1CCc2c(nc(N(C)C)nc2NCc2n[nH]c3c2CCC3)C1. The number of fused-ring (bicyclic) bond motifs is 2. The summed E-state index contributed by atoms with van der Waals surface area (Å²) in [6.07, 6.45) is 4.16. The van der Waals surface area contributed by atoms with Crippen molar-refractivity contribution in [3.05, 3.63) is 28.2 Å². The van der Waals surface area contributed by atoms with E-state index in [1.165, 1.54) is 17.7 Å². The van der Waals surface area contributed by atoms with E-state index in [9.17, 15) is 4.79 Å². The van der Waals surface area contributed by atoms with Crippen molar-refractivity contribution < 1.29 is 4.79 Å². The fourth-order valence-corrected chi connectivity index (χ4v) is 3.73. The normalized spacial score (nSPS) is 15.6. The maximum Gasteiger partial charge on any atom is 0.227 e. The Morgan fingerprint density at radius 2 is 2.08 bits per heavy atom. The smallest absolute Gasteiger partial charge is 0.227 e. The molecule has 1 aliphatic carbocycles. The van der Waals surface area contributed by atoms with Gasteiger partial charge in [0.15, 0.2) is 0 Å². The first kappa shape index (κ1) is 16.8. The monoisotopic (exact) mass is 355 g/mol. The van der Waals surface area contributed by atoms with E-state index in [4.69, 9.17) is 4.98 Å². The van der Waals surface area contributed by atoms with Crippen LogP contribution in [0.15, 0.2) is 0 Å². The number of carbonyl (C=O) groups is 1. The number of aromatic nitrogens is 4. The van der Waals surface area contributed by atoms with Crippen LogP contribution in [0.25, 0.3) is 0 Å². The molecule has 0 spiro atoms. The Morgan fingerprint density at radius 1 is 1.23 bits per heavy atom. The molecule has 4 rings (SSSR count). The molecule has 1 aliphatic heterocycles. The fraction of sp³-hybridized carbons (Fsp3) is 0.556. The molecule has 8 heteroatoms. The number of aromatic amines is 1. The van der Waals surface area contributed by atoms with Crippen LogP contribution in [-0.4, -0.2) is 51.6 Å². The molecule has 2 aromatic heterocycles. The molecular weight excluding hydrogens is 330 g/mol. The third-order valence-electron chi connectivity index (χ3n) is 5.21. The lowest BCUT2D eigenvalue weighted by Crippen LogP contribution is -2.35. The van der Waals surface area contributed by atoms with Gasteiger partial charge < -0.3 is 15.1 Å². The maximum atomic E-state index is 11.7. The van der Waals surface area contributed by atoms with Gasteiger partial charge in [-0.05, 0) is 31.2 Å². The number of rotatable bonds is 4. The van der Waals surface area contributed by atoms with Crippen molar-refractivity contribution in [3.8, 4) is 0 Å². The van der Waals surface area contributed by atoms with Gasteiger partial charge in [-0.2, -0.15) is 10.1 Å². The molecule has 8 nitrogen and oxygen atoms in total. The van der Waals surface area contributed by atoms with Gasteiger partial charge in [0.2, 0.25) is 11.9 Å². The predicted molar refractivity (Wildman–Crippen MR) is 99.1 cm³/mol. The summed E-state index contributed by atoms with van der Waals surface area (Å²) in [5.41, 5.74) is 5.76. The summed E-state index contributed by atoms with van der Waals surface area (Å²) in [5.74, 6) is 1.60. The molecule has 0 saturated heterocycles. The number of anilines is 2. The van der Waals surface area contributed by atoms with Crippen LogP contribution < -0.4 is 10.2 Å². The summed E-state index contributed by atoms with van der Waals surface area (Å²) in [6.45, 7) is 3.51. The first-order valence-corrected chi connectivity index (χ1v) is 9.14. The number of nitrogens with zero attached hydrogens (tertiary/aromatic N) is 5. The minimum Gasteiger partial charge on any atom is -0.364 e. The molecule has 3 heterocycles. The van der Waals surface area contributed by atoms with Crippen molar-refractivity contribution in [2.45, 2.75) is 45.7 Å². The second-order valence-electron chi connectivity index (χ2n) is 7.22. The van der Waals surface area contributed by atoms with Gasteiger partial charge in [-0.1, -0.05) is 0 Å². The van der Waals surface area contributed by atoms with Gasteiger partial charge in [-0.25, -0.2) is 4.98 Å². The van der Waals surface area contributed by atoms with Gasteiger partial charge >= 0.3 is 0 Å². The zero-order valence-corrected chi connectivity index (χ0v) is 15.6. The summed E-state index contributed by atoms with van der Waals surface area (Å²) >= 11 is 0. The average Bonchev–Trinajstić information content (AvgIpc) is 3.22. The Balaban J connectivity index is 1.61. The van der Waals surface area contributed by atoms with Gasteiger partial charge in [-0.15, -0.1) is 0 Å². The molecule has 0 unspecified atom stereocenters. The molecule has 0 bridgehead atoms. The van der Waals surface area contributed by atoms with Gasteiger partial charge in [-0.3, -0.25) is 9.89 Å². The standard InChI is InChI=1S/C18H25N7O/c1-11(26)25-8-7-13-16(10-25)20-18(24(2)3)21-17(13)19-9-15-12-5-4-6-14(12)22-23-15/h4-10H2,1-3H3,(H,22,23)(H,19,20,21). The van der Waals surface area contributed by atoms with Crippen molar-refractivity contribution in [3.63, 3.8) is 0 Å². The van der Waals surface area contributed by atoms with Crippen LogP contribution in [0, 0.1) is 0 Å². The molecule has 0 fully saturated rings. The first-order valence-electron chi connectivity index (χ1n) is 9.14. The number of hydrogen-bond acceptors (Lipinski definition) is 6. The Kier molecular flexibility index (Phi) is 4.26. The summed E-state index contributed by atoms with van der Waals surface area (Å²) in [4.78, 5) is 24.9. The van der Waals surface area contributed by atoms with E-state index in [0.29, 0.717) is 25.6 Å². The van der Waals surface area contributed by atoms with Crippen LogP contribution in [0.4, 0.5) is 11.8 Å². The summed E-state index contributed by atoms with van der Waals surface area (Å²) in [7, 11) is 3.86. The molecule has 26 heavy (non-hydrogen) atoms. The fourth-order valence-electron chi connectivity index (χ4n) is 3.73. The highest BCUT2D eigenvalue weighted by Gasteiger charge is 2.25. The second kappa shape index (κ2) is 6.59. The number of aryl methyl sites for hydroxylation is 1. The summed E-state index contributed by atoms with van der Waals surface area (Å²) in [6, 6.07) is 0. The largest absolute Gasteiger partial charge is 0.364 e. The maximum absolute atomic E-state index is 11.7. The number of amides is 1. The lowest BCUT2D eigenvalue weighted by molar-refractivity contribution is -0.129. The lowest BCUT2D eigenvalue weighted by Gasteiger charge is -2.29. The van der Waals surface area contributed by atoms with Crippen LogP contribution in [0.2, 0.25) is 0 Å². The van der Waals surface area contributed by atoms with E-state index >= 15 is 0 Å². The average molecular weight is 355 g/mol.